The summed E-state index contributed by atoms with van der Waals surface area (Å²) in [7, 11) is 0. The van der Waals surface area contributed by atoms with Crippen LogP contribution >= 0.6 is 0 Å². The molecule has 2 aliphatic heterocycles. The lowest BCUT2D eigenvalue weighted by Gasteiger charge is -2.13. The van der Waals surface area contributed by atoms with Gasteiger partial charge in [0.2, 0.25) is 11.8 Å². The molecule has 0 aliphatic carbocycles. The van der Waals surface area contributed by atoms with E-state index in [2.05, 4.69) is 16.0 Å². The molecule has 2 rings (SSSR count). The van der Waals surface area contributed by atoms with Crippen LogP contribution in [0, 0.1) is 5.92 Å². The highest BCUT2D eigenvalue weighted by molar-refractivity contribution is 5.89. The van der Waals surface area contributed by atoms with E-state index in [0.717, 1.165) is 19.5 Å². The molecule has 0 aromatic heterocycles. The van der Waals surface area contributed by atoms with Crippen molar-refractivity contribution in [3.8, 4) is 0 Å². The molecule has 2 aliphatic rings. The molecule has 1 unspecified atom stereocenters. The molecule has 5 nitrogen and oxygen atoms in total. The first kappa shape index (κ1) is 9.45. The van der Waals surface area contributed by atoms with E-state index < -0.39 is 0 Å². The lowest BCUT2D eigenvalue weighted by molar-refractivity contribution is -0.127. The molecule has 0 aromatic carbocycles. The Hall–Kier alpha value is -1.10. The van der Waals surface area contributed by atoms with Crippen molar-refractivity contribution >= 4 is 11.8 Å². The molecule has 5 heteroatoms. The van der Waals surface area contributed by atoms with Crippen LogP contribution < -0.4 is 16.0 Å². The van der Waals surface area contributed by atoms with Crippen molar-refractivity contribution in [1.82, 2.24) is 16.0 Å². The van der Waals surface area contributed by atoms with Crippen LogP contribution in [0.25, 0.3) is 0 Å². The van der Waals surface area contributed by atoms with Gasteiger partial charge in [0.25, 0.3) is 0 Å². The molecule has 0 spiro atoms. The Labute approximate surface area is 82.6 Å². The summed E-state index contributed by atoms with van der Waals surface area (Å²) in [5.74, 6) is -0.171. The fraction of sp³-hybridized carbons (Fsp3) is 0.778. The molecule has 3 N–H and O–H groups in total. The highest BCUT2D eigenvalue weighted by Crippen LogP contribution is 2.09. The minimum atomic E-state index is -0.164. The summed E-state index contributed by atoms with van der Waals surface area (Å²) in [5, 5.41) is 8.79. The monoisotopic (exact) mass is 197 g/mol. The van der Waals surface area contributed by atoms with Gasteiger partial charge in [0.05, 0.1) is 5.92 Å². The van der Waals surface area contributed by atoms with Gasteiger partial charge in [-0.2, -0.15) is 0 Å². The largest absolute Gasteiger partial charge is 0.355 e. The quantitative estimate of drug-likeness (QED) is 0.510. The van der Waals surface area contributed by atoms with Crippen molar-refractivity contribution in [3.63, 3.8) is 0 Å². The number of carbonyl (C=O) groups excluding carboxylic acids is 2. The van der Waals surface area contributed by atoms with Gasteiger partial charge in [-0.1, -0.05) is 0 Å². The molecule has 2 amide bonds. The third-order valence-corrected chi connectivity index (χ3v) is 2.75. The maximum Gasteiger partial charge on any atom is 0.225 e. The van der Waals surface area contributed by atoms with E-state index in [0.29, 0.717) is 13.0 Å². The average molecular weight is 197 g/mol. The van der Waals surface area contributed by atoms with Gasteiger partial charge in [-0.3, -0.25) is 9.59 Å². The maximum atomic E-state index is 11.6. The fourth-order valence-electron chi connectivity index (χ4n) is 1.89. The van der Waals surface area contributed by atoms with Crippen LogP contribution in [0.1, 0.15) is 12.8 Å². The van der Waals surface area contributed by atoms with Crippen LogP contribution in [0.15, 0.2) is 0 Å². The molecule has 2 heterocycles. The summed E-state index contributed by atoms with van der Waals surface area (Å²) in [6.07, 6.45) is 1.33. The highest BCUT2D eigenvalue weighted by atomic mass is 16.2. The molecule has 0 bridgehead atoms. The Morgan fingerprint density at radius 2 is 2.29 bits per heavy atom. The Bertz CT molecular complexity index is 248. The van der Waals surface area contributed by atoms with Gasteiger partial charge in [0.1, 0.15) is 0 Å². The van der Waals surface area contributed by atoms with Crippen LogP contribution in [-0.2, 0) is 9.59 Å². The second-order valence-electron chi connectivity index (χ2n) is 3.90. The predicted octanol–water partition coefficient (Wildman–Crippen LogP) is -1.40. The molecule has 2 saturated heterocycles. The Balaban J connectivity index is 1.80. The zero-order chi connectivity index (χ0) is 9.97. The SMILES string of the molecule is O=C1CC(C(=O)N[C@@H]2CCNC2)CN1. The third kappa shape index (κ3) is 2.04. The van der Waals surface area contributed by atoms with Crippen LogP contribution in [0.4, 0.5) is 0 Å². The number of amides is 2. The first-order valence-corrected chi connectivity index (χ1v) is 5.03. The van der Waals surface area contributed by atoms with Gasteiger partial charge in [-0.25, -0.2) is 0 Å². The minimum absolute atomic E-state index is 0.0112. The molecule has 0 saturated carbocycles. The zero-order valence-electron chi connectivity index (χ0n) is 8.01. The van der Waals surface area contributed by atoms with Gasteiger partial charge in [0.15, 0.2) is 0 Å². The molecular formula is C9H15N3O2. The van der Waals surface area contributed by atoms with E-state index in [9.17, 15) is 9.59 Å². The molecule has 0 aromatic rings. The zero-order valence-corrected chi connectivity index (χ0v) is 8.01. The van der Waals surface area contributed by atoms with Gasteiger partial charge in [0, 0.05) is 25.6 Å². The second kappa shape index (κ2) is 3.96. The number of nitrogens with one attached hydrogen (secondary N) is 3. The summed E-state index contributed by atoms with van der Waals surface area (Å²) >= 11 is 0. The van der Waals surface area contributed by atoms with Gasteiger partial charge < -0.3 is 16.0 Å². The summed E-state index contributed by atoms with van der Waals surface area (Å²) in [4.78, 5) is 22.5. The second-order valence-corrected chi connectivity index (χ2v) is 3.90. The van der Waals surface area contributed by atoms with E-state index in [4.69, 9.17) is 0 Å². The number of hydrogen-bond acceptors (Lipinski definition) is 3. The topological polar surface area (TPSA) is 70.2 Å². The van der Waals surface area contributed by atoms with Crippen molar-refractivity contribution in [2.45, 2.75) is 18.9 Å². The fourth-order valence-corrected chi connectivity index (χ4v) is 1.89. The number of carbonyl (C=O) groups is 2. The van der Waals surface area contributed by atoms with Crippen molar-refractivity contribution in [1.29, 1.82) is 0 Å². The maximum absolute atomic E-state index is 11.6. The van der Waals surface area contributed by atoms with Crippen LogP contribution in [0.3, 0.4) is 0 Å². The summed E-state index contributed by atoms with van der Waals surface area (Å²) in [6.45, 7) is 2.30. The Kier molecular flexibility index (Phi) is 2.67. The summed E-state index contributed by atoms with van der Waals surface area (Å²) in [5.41, 5.74) is 0. The molecule has 14 heavy (non-hydrogen) atoms. The number of hydrogen-bond donors (Lipinski definition) is 3. The van der Waals surface area contributed by atoms with E-state index in [-0.39, 0.29) is 23.8 Å². The van der Waals surface area contributed by atoms with Crippen molar-refractivity contribution in [2.75, 3.05) is 19.6 Å². The van der Waals surface area contributed by atoms with Gasteiger partial charge in [-0.15, -0.1) is 0 Å². The molecule has 78 valence electrons. The highest BCUT2D eigenvalue weighted by Gasteiger charge is 2.29. The Morgan fingerprint density at radius 3 is 2.86 bits per heavy atom. The van der Waals surface area contributed by atoms with Crippen LogP contribution in [0.2, 0.25) is 0 Å². The van der Waals surface area contributed by atoms with E-state index in [1.165, 1.54) is 0 Å². The summed E-state index contributed by atoms with van der Waals surface area (Å²) < 4.78 is 0. The molecular weight excluding hydrogens is 182 g/mol. The first-order chi connectivity index (χ1) is 6.75. The smallest absolute Gasteiger partial charge is 0.225 e. The standard InChI is InChI=1S/C9H15N3O2/c13-8-3-6(4-11-8)9(14)12-7-1-2-10-5-7/h6-7,10H,1-5H2,(H,11,13)(H,12,14)/t6?,7-/m1/s1. The first-order valence-electron chi connectivity index (χ1n) is 5.03. The van der Waals surface area contributed by atoms with Gasteiger partial charge in [-0.05, 0) is 13.0 Å². The van der Waals surface area contributed by atoms with E-state index in [1.54, 1.807) is 0 Å². The number of rotatable bonds is 2. The van der Waals surface area contributed by atoms with Crippen LogP contribution in [-0.4, -0.2) is 37.5 Å². The predicted molar refractivity (Wildman–Crippen MR) is 50.5 cm³/mol. The van der Waals surface area contributed by atoms with Crippen molar-refractivity contribution in [3.05, 3.63) is 0 Å². The van der Waals surface area contributed by atoms with Crippen molar-refractivity contribution < 1.29 is 9.59 Å². The average Bonchev–Trinajstić information content (AvgIpc) is 2.75. The molecule has 2 fully saturated rings. The summed E-state index contributed by atoms with van der Waals surface area (Å²) in [6, 6.07) is 0.248. The van der Waals surface area contributed by atoms with Crippen molar-refractivity contribution in [2.24, 2.45) is 5.92 Å². The minimum Gasteiger partial charge on any atom is -0.355 e. The molecule has 0 radical (unpaired) electrons. The lowest BCUT2D eigenvalue weighted by Crippen LogP contribution is -2.40. The molecule has 2 atom stereocenters. The van der Waals surface area contributed by atoms with E-state index >= 15 is 0 Å². The van der Waals surface area contributed by atoms with Gasteiger partial charge >= 0.3 is 0 Å². The normalized spacial score (nSPS) is 31.6. The van der Waals surface area contributed by atoms with Crippen LogP contribution in [0.5, 0.6) is 0 Å². The van der Waals surface area contributed by atoms with E-state index in [1.807, 2.05) is 0 Å². The third-order valence-electron chi connectivity index (χ3n) is 2.75. The lowest BCUT2D eigenvalue weighted by atomic mass is 10.1. The Morgan fingerprint density at radius 1 is 1.43 bits per heavy atom.